The molecule has 2 heterocycles. The minimum Gasteiger partial charge on any atom is -0.483 e. The fourth-order valence-corrected chi connectivity index (χ4v) is 4.88. The lowest BCUT2D eigenvalue weighted by atomic mass is 10.1. The molecule has 10 heteroatoms. The van der Waals surface area contributed by atoms with Crippen LogP contribution in [0, 0.1) is 6.92 Å². The maximum absolute atomic E-state index is 12.7. The highest BCUT2D eigenvalue weighted by molar-refractivity contribution is 7.89. The van der Waals surface area contributed by atoms with Crippen LogP contribution in [0.25, 0.3) is 0 Å². The summed E-state index contributed by atoms with van der Waals surface area (Å²) in [6.45, 7) is 4.07. The second-order valence-electron chi connectivity index (χ2n) is 6.89. The second kappa shape index (κ2) is 9.31. The third-order valence-electron chi connectivity index (χ3n) is 4.81. The molecule has 2 amide bonds. The Balaban J connectivity index is 1.57. The van der Waals surface area contributed by atoms with Crippen molar-refractivity contribution in [3.8, 4) is 5.75 Å². The maximum Gasteiger partial charge on any atom is 0.305 e. The standard InChI is InChI=1S/C20H25N3O6S/c1-3-15-8-4-5-9-16(15)28-13-19(24)21-22-20(25)17-12-18(14(2)29-17)30(26,27)23-10-6-7-11-23/h4-5,8-9,12H,3,6-7,10-11,13H2,1-2H3,(H,21,24)(H,22,25). The molecule has 1 saturated heterocycles. The van der Waals surface area contributed by atoms with Crippen LogP contribution >= 0.6 is 0 Å². The number of nitrogens with zero attached hydrogens (tertiary/aromatic N) is 1. The fourth-order valence-electron chi connectivity index (χ4n) is 3.21. The molecule has 1 aliphatic rings. The monoisotopic (exact) mass is 435 g/mol. The minimum absolute atomic E-state index is 0.0413. The lowest BCUT2D eigenvalue weighted by Gasteiger charge is -2.14. The fraction of sp³-hybridized carbons (Fsp3) is 0.400. The molecule has 1 aliphatic heterocycles. The number of carbonyl (C=O) groups is 2. The van der Waals surface area contributed by atoms with Gasteiger partial charge in [0, 0.05) is 19.2 Å². The van der Waals surface area contributed by atoms with Gasteiger partial charge in [0.2, 0.25) is 10.0 Å². The molecule has 0 unspecified atom stereocenters. The first-order chi connectivity index (χ1) is 14.3. The van der Waals surface area contributed by atoms with Crippen molar-refractivity contribution in [2.45, 2.75) is 38.0 Å². The van der Waals surface area contributed by atoms with E-state index < -0.39 is 21.8 Å². The van der Waals surface area contributed by atoms with Gasteiger partial charge in [-0.25, -0.2) is 8.42 Å². The molecule has 1 aromatic carbocycles. The van der Waals surface area contributed by atoms with E-state index in [0.717, 1.165) is 24.8 Å². The smallest absolute Gasteiger partial charge is 0.305 e. The third kappa shape index (κ3) is 4.82. The largest absolute Gasteiger partial charge is 0.483 e. The Morgan fingerprint density at radius 1 is 1.17 bits per heavy atom. The van der Waals surface area contributed by atoms with E-state index in [2.05, 4.69) is 10.9 Å². The summed E-state index contributed by atoms with van der Waals surface area (Å²) in [6, 6.07) is 8.54. The first-order valence-corrected chi connectivity index (χ1v) is 11.2. The number of hydrogen-bond donors (Lipinski definition) is 2. The zero-order chi connectivity index (χ0) is 21.7. The summed E-state index contributed by atoms with van der Waals surface area (Å²) < 4.78 is 37.5. The van der Waals surface area contributed by atoms with Gasteiger partial charge in [-0.05, 0) is 37.8 Å². The van der Waals surface area contributed by atoms with Crippen molar-refractivity contribution < 1.29 is 27.2 Å². The summed E-state index contributed by atoms with van der Waals surface area (Å²) in [6.07, 6.45) is 2.37. The molecule has 9 nitrogen and oxygen atoms in total. The van der Waals surface area contributed by atoms with Gasteiger partial charge in [0.05, 0.1) is 0 Å². The Hall–Kier alpha value is -2.85. The van der Waals surface area contributed by atoms with Gasteiger partial charge in [-0.15, -0.1) is 0 Å². The molecule has 2 aromatic rings. The molecule has 0 aliphatic carbocycles. The lowest BCUT2D eigenvalue weighted by Crippen LogP contribution is -2.43. The van der Waals surface area contributed by atoms with Crippen LogP contribution in [0.4, 0.5) is 0 Å². The Bertz CT molecular complexity index is 1020. The number of rotatable bonds is 7. The highest BCUT2D eigenvalue weighted by Crippen LogP contribution is 2.26. The number of sulfonamides is 1. The molecular weight excluding hydrogens is 410 g/mol. The molecule has 0 radical (unpaired) electrons. The van der Waals surface area contributed by atoms with Crippen LogP contribution in [0.5, 0.6) is 5.75 Å². The van der Waals surface area contributed by atoms with Crippen LogP contribution in [-0.4, -0.2) is 44.2 Å². The number of furan rings is 1. The van der Waals surface area contributed by atoms with Crippen molar-refractivity contribution in [1.29, 1.82) is 0 Å². The van der Waals surface area contributed by atoms with Crippen molar-refractivity contribution in [3.63, 3.8) is 0 Å². The van der Waals surface area contributed by atoms with Crippen LogP contribution in [0.2, 0.25) is 0 Å². The van der Waals surface area contributed by atoms with Crippen molar-refractivity contribution in [2.24, 2.45) is 0 Å². The van der Waals surface area contributed by atoms with Gasteiger partial charge in [0.1, 0.15) is 16.4 Å². The Morgan fingerprint density at radius 3 is 2.57 bits per heavy atom. The molecule has 162 valence electrons. The first-order valence-electron chi connectivity index (χ1n) is 9.73. The van der Waals surface area contributed by atoms with Gasteiger partial charge in [0.15, 0.2) is 12.4 Å². The van der Waals surface area contributed by atoms with Crippen molar-refractivity contribution >= 4 is 21.8 Å². The van der Waals surface area contributed by atoms with Crippen LogP contribution in [0.3, 0.4) is 0 Å². The topological polar surface area (TPSA) is 118 Å². The van der Waals surface area contributed by atoms with E-state index in [1.165, 1.54) is 17.3 Å². The minimum atomic E-state index is -3.71. The predicted molar refractivity (Wildman–Crippen MR) is 108 cm³/mol. The Labute approximate surface area is 175 Å². The van der Waals surface area contributed by atoms with E-state index in [1.54, 1.807) is 12.1 Å². The van der Waals surface area contributed by atoms with E-state index >= 15 is 0 Å². The van der Waals surface area contributed by atoms with Crippen LogP contribution < -0.4 is 15.6 Å². The lowest BCUT2D eigenvalue weighted by molar-refractivity contribution is -0.123. The number of ether oxygens (including phenoxy) is 1. The zero-order valence-corrected chi connectivity index (χ0v) is 17.8. The number of nitrogens with one attached hydrogen (secondary N) is 2. The van der Waals surface area contributed by atoms with E-state index in [9.17, 15) is 18.0 Å². The summed E-state index contributed by atoms with van der Waals surface area (Å²) in [5.41, 5.74) is 5.40. The van der Waals surface area contributed by atoms with E-state index in [4.69, 9.17) is 9.15 Å². The van der Waals surface area contributed by atoms with Crippen molar-refractivity contribution in [3.05, 3.63) is 47.4 Å². The number of benzene rings is 1. The van der Waals surface area contributed by atoms with Gasteiger partial charge in [-0.3, -0.25) is 20.4 Å². The third-order valence-corrected chi connectivity index (χ3v) is 6.81. The molecule has 2 N–H and O–H groups in total. The predicted octanol–water partition coefficient (Wildman–Crippen LogP) is 1.77. The number of hydrogen-bond acceptors (Lipinski definition) is 6. The Kier molecular flexibility index (Phi) is 6.78. The number of aryl methyl sites for hydroxylation is 2. The summed E-state index contributed by atoms with van der Waals surface area (Å²) in [5.74, 6) is -0.814. The SMILES string of the molecule is CCc1ccccc1OCC(=O)NNC(=O)c1cc(S(=O)(=O)N2CCCC2)c(C)o1. The number of carbonyl (C=O) groups excluding carboxylic acids is 2. The summed E-state index contributed by atoms with van der Waals surface area (Å²) in [7, 11) is -3.71. The normalized spacial score (nSPS) is 14.5. The average molecular weight is 436 g/mol. The van der Waals surface area contributed by atoms with E-state index in [1.807, 2.05) is 19.1 Å². The molecule has 0 spiro atoms. The van der Waals surface area contributed by atoms with Crippen molar-refractivity contribution in [2.75, 3.05) is 19.7 Å². The second-order valence-corrected chi connectivity index (χ2v) is 8.80. The molecule has 30 heavy (non-hydrogen) atoms. The maximum atomic E-state index is 12.7. The van der Waals surface area contributed by atoms with Crippen LogP contribution in [0.1, 0.15) is 41.6 Å². The molecule has 0 bridgehead atoms. The Morgan fingerprint density at radius 2 is 1.87 bits per heavy atom. The number of hydrazine groups is 1. The molecule has 0 atom stereocenters. The highest BCUT2D eigenvalue weighted by atomic mass is 32.2. The van der Waals surface area contributed by atoms with Gasteiger partial charge in [-0.2, -0.15) is 4.31 Å². The molecular formula is C20H25N3O6S. The van der Waals surface area contributed by atoms with Crippen molar-refractivity contribution in [1.82, 2.24) is 15.2 Å². The molecule has 0 saturated carbocycles. The summed E-state index contributed by atoms with van der Waals surface area (Å²) in [5, 5.41) is 0. The van der Waals surface area contributed by atoms with Crippen LogP contribution in [0.15, 0.2) is 39.6 Å². The van der Waals surface area contributed by atoms with Gasteiger partial charge in [-0.1, -0.05) is 25.1 Å². The molecule has 3 rings (SSSR count). The summed E-state index contributed by atoms with van der Waals surface area (Å²) in [4.78, 5) is 24.2. The number of para-hydroxylation sites is 1. The number of amides is 2. The van der Waals surface area contributed by atoms with Gasteiger partial charge >= 0.3 is 5.91 Å². The van der Waals surface area contributed by atoms with E-state index in [0.29, 0.717) is 18.8 Å². The molecule has 1 fully saturated rings. The van der Waals surface area contributed by atoms with Gasteiger partial charge in [0.25, 0.3) is 5.91 Å². The first kappa shape index (κ1) is 21.8. The highest BCUT2D eigenvalue weighted by Gasteiger charge is 2.31. The van der Waals surface area contributed by atoms with Gasteiger partial charge < -0.3 is 9.15 Å². The average Bonchev–Trinajstić information content (AvgIpc) is 3.41. The quantitative estimate of drug-likeness (QED) is 0.640. The zero-order valence-electron chi connectivity index (χ0n) is 16.9. The summed E-state index contributed by atoms with van der Waals surface area (Å²) >= 11 is 0. The van der Waals surface area contributed by atoms with E-state index in [-0.39, 0.29) is 23.0 Å². The van der Waals surface area contributed by atoms with Crippen LogP contribution in [-0.2, 0) is 21.2 Å². The molecule has 1 aromatic heterocycles.